The number of hydrogen-bond acceptors (Lipinski definition) is 6. The Kier molecular flexibility index (Phi) is 3.73. The molecule has 1 rings (SSSR count). The van der Waals surface area contributed by atoms with Crippen LogP contribution in [0.1, 0.15) is 6.92 Å². The Balaban J connectivity index is 2.81. The van der Waals surface area contributed by atoms with Crippen molar-refractivity contribution in [3.63, 3.8) is 0 Å². The van der Waals surface area contributed by atoms with Crippen LogP contribution in [0.2, 0.25) is 0 Å². The van der Waals surface area contributed by atoms with Crippen LogP contribution in [-0.4, -0.2) is 28.3 Å². The Morgan fingerprint density at radius 3 is 2.93 bits per heavy atom. The molecule has 0 aliphatic heterocycles. The second-order valence-electron chi connectivity index (χ2n) is 2.76. The number of H-pyrrole nitrogens is 1. The van der Waals surface area contributed by atoms with Crippen molar-refractivity contribution in [3.05, 3.63) is 16.4 Å². The minimum Gasteiger partial charge on any atom is -0.468 e. The van der Waals surface area contributed by atoms with Gasteiger partial charge in [-0.2, -0.15) is 0 Å². The average molecular weight is 229 g/mol. The molecule has 15 heavy (non-hydrogen) atoms. The van der Waals surface area contributed by atoms with Gasteiger partial charge in [-0.3, -0.25) is 9.59 Å². The van der Waals surface area contributed by atoms with E-state index in [9.17, 15) is 9.59 Å². The predicted molar refractivity (Wildman–Crippen MR) is 56.6 cm³/mol. The van der Waals surface area contributed by atoms with E-state index in [1.807, 2.05) is 0 Å². The molecule has 82 valence electrons. The number of nitrogens with two attached hydrogens (primary N) is 1. The van der Waals surface area contributed by atoms with Gasteiger partial charge in [0, 0.05) is 6.07 Å². The summed E-state index contributed by atoms with van der Waals surface area (Å²) in [5.41, 5.74) is 5.04. The summed E-state index contributed by atoms with van der Waals surface area (Å²) in [6.07, 6.45) is 0. The lowest BCUT2D eigenvalue weighted by molar-refractivity contribution is -0.139. The summed E-state index contributed by atoms with van der Waals surface area (Å²) in [4.78, 5) is 28.5. The highest BCUT2D eigenvalue weighted by molar-refractivity contribution is 8.00. The smallest absolute Gasteiger partial charge is 0.318 e. The number of esters is 1. The number of carbonyl (C=O) groups excluding carboxylic acids is 1. The lowest BCUT2D eigenvalue weighted by Gasteiger charge is -2.07. The van der Waals surface area contributed by atoms with Crippen molar-refractivity contribution in [2.75, 3.05) is 12.8 Å². The Morgan fingerprint density at radius 1 is 1.73 bits per heavy atom. The molecule has 1 unspecified atom stereocenters. The van der Waals surface area contributed by atoms with Gasteiger partial charge < -0.3 is 15.5 Å². The van der Waals surface area contributed by atoms with Gasteiger partial charge in [0.2, 0.25) is 0 Å². The molecular weight excluding hydrogens is 218 g/mol. The summed E-state index contributed by atoms with van der Waals surface area (Å²) in [7, 11) is 1.30. The first-order valence-electron chi connectivity index (χ1n) is 4.14. The van der Waals surface area contributed by atoms with Crippen LogP contribution in [0.25, 0.3) is 0 Å². The number of rotatable bonds is 3. The van der Waals surface area contributed by atoms with Gasteiger partial charge in [0.1, 0.15) is 11.1 Å². The Bertz CT molecular complexity index is 418. The summed E-state index contributed by atoms with van der Waals surface area (Å²) >= 11 is 1.08. The van der Waals surface area contributed by atoms with Crippen molar-refractivity contribution in [1.82, 2.24) is 9.97 Å². The van der Waals surface area contributed by atoms with Crippen LogP contribution in [0, 0.1) is 0 Å². The van der Waals surface area contributed by atoms with Gasteiger partial charge >= 0.3 is 5.97 Å². The van der Waals surface area contributed by atoms with Crippen molar-refractivity contribution in [2.45, 2.75) is 17.3 Å². The van der Waals surface area contributed by atoms with Crippen molar-refractivity contribution in [1.29, 1.82) is 0 Å². The molecule has 1 aromatic rings. The highest BCUT2D eigenvalue weighted by Gasteiger charge is 2.15. The van der Waals surface area contributed by atoms with E-state index in [1.165, 1.54) is 13.2 Å². The number of thioether (sulfide) groups is 1. The van der Waals surface area contributed by atoms with E-state index in [0.29, 0.717) is 5.16 Å². The van der Waals surface area contributed by atoms with Crippen LogP contribution in [0.4, 0.5) is 5.82 Å². The zero-order valence-electron chi connectivity index (χ0n) is 8.31. The minimum absolute atomic E-state index is 0.123. The number of aromatic amines is 1. The number of aromatic nitrogens is 2. The number of carbonyl (C=O) groups is 1. The topological polar surface area (TPSA) is 98.1 Å². The molecule has 1 heterocycles. The molecule has 0 bridgehead atoms. The fraction of sp³-hybridized carbons (Fsp3) is 0.375. The molecule has 0 aliphatic carbocycles. The summed E-state index contributed by atoms with van der Waals surface area (Å²) in [5, 5.41) is -0.141. The highest BCUT2D eigenvalue weighted by atomic mass is 32.2. The molecular formula is C8H11N3O3S. The third-order valence-corrected chi connectivity index (χ3v) is 2.52. The predicted octanol–water partition coefficient (Wildman–Crippen LogP) is 0.00570. The molecule has 0 spiro atoms. The zero-order chi connectivity index (χ0) is 11.4. The molecule has 0 fully saturated rings. The second kappa shape index (κ2) is 4.83. The summed E-state index contributed by atoms with van der Waals surface area (Å²) in [6, 6.07) is 1.17. The van der Waals surface area contributed by atoms with E-state index < -0.39 is 5.25 Å². The van der Waals surface area contributed by atoms with Crippen LogP contribution in [0.15, 0.2) is 16.0 Å². The van der Waals surface area contributed by atoms with E-state index in [1.54, 1.807) is 6.92 Å². The van der Waals surface area contributed by atoms with Gasteiger partial charge in [0.15, 0.2) is 5.16 Å². The van der Waals surface area contributed by atoms with Crippen LogP contribution < -0.4 is 11.3 Å². The Morgan fingerprint density at radius 2 is 2.40 bits per heavy atom. The number of anilines is 1. The lowest BCUT2D eigenvalue weighted by Crippen LogP contribution is -2.17. The van der Waals surface area contributed by atoms with Crippen LogP contribution in [0.5, 0.6) is 0 Å². The third kappa shape index (κ3) is 3.28. The highest BCUT2D eigenvalue weighted by Crippen LogP contribution is 2.19. The van der Waals surface area contributed by atoms with E-state index in [-0.39, 0.29) is 17.3 Å². The standard InChI is InChI=1S/C8H11N3O3S/c1-4(7(13)14-2)15-8-10-5(9)3-6(12)11-8/h3-4H,1-2H3,(H3,9,10,11,12). The Hall–Kier alpha value is -1.50. The SMILES string of the molecule is COC(=O)C(C)Sc1nc(N)cc(=O)[nH]1. The van der Waals surface area contributed by atoms with Gasteiger partial charge in [0.25, 0.3) is 5.56 Å². The van der Waals surface area contributed by atoms with Gasteiger partial charge in [-0.15, -0.1) is 0 Å². The van der Waals surface area contributed by atoms with Gasteiger partial charge in [-0.05, 0) is 6.92 Å². The summed E-state index contributed by atoms with van der Waals surface area (Å²) < 4.78 is 4.53. The second-order valence-corrected chi connectivity index (χ2v) is 4.09. The van der Waals surface area contributed by atoms with Gasteiger partial charge in [-0.1, -0.05) is 11.8 Å². The molecule has 7 heteroatoms. The molecule has 0 saturated carbocycles. The molecule has 0 aliphatic rings. The van der Waals surface area contributed by atoms with E-state index in [4.69, 9.17) is 5.73 Å². The molecule has 0 radical (unpaired) electrons. The van der Waals surface area contributed by atoms with E-state index in [0.717, 1.165) is 11.8 Å². The average Bonchev–Trinajstić information content (AvgIpc) is 2.14. The van der Waals surface area contributed by atoms with Crippen molar-refractivity contribution < 1.29 is 9.53 Å². The number of nitrogens with one attached hydrogen (secondary N) is 1. The molecule has 1 atom stereocenters. The van der Waals surface area contributed by atoms with Crippen molar-refractivity contribution in [3.8, 4) is 0 Å². The maximum atomic E-state index is 11.1. The quantitative estimate of drug-likeness (QED) is 0.430. The maximum Gasteiger partial charge on any atom is 0.318 e. The lowest BCUT2D eigenvalue weighted by atomic mass is 10.5. The largest absolute Gasteiger partial charge is 0.468 e. The van der Waals surface area contributed by atoms with E-state index in [2.05, 4.69) is 14.7 Å². The minimum atomic E-state index is -0.444. The monoisotopic (exact) mass is 229 g/mol. The summed E-state index contributed by atoms with van der Waals surface area (Å²) in [6.45, 7) is 1.65. The fourth-order valence-electron chi connectivity index (χ4n) is 0.891. The van der Waals surface area contributed by atoms with Crippen molar-refractivity contribution in [2.24, 2.45) is 0 Å². The van der Waals surface area contributed by atoms with E-state index >= 15 is 0 Å². The zero-order valence-corrected chi connectivity index (χ0v) is 9.13. The van der Waals surface area contributed by atoms with Crippen molar-refractivity contribution >= 4 is 23.5 Å². The number of ether oxygens (including phenoxy) is 1. The molecule has 0 saturated heterocycles. The van der Waals surface area contributed by atoms with Crippen LogP contribution >= 0.6 is 11.8 Å². The first-order valence-corrected chi connectivity index (χ1v) is 5.02. The first kappa shape index (κ1) is 11.6. The number of nitrogens with zero attached hydrogens (tertiary/aromatic N) is 1. The van der Waals surface area contributed by atoms with Gasteiger partial charge in [0.05, 0.1) is 7.11 Å². The van der Waals surface area contributed by atoms with Crippen LogP contribution in [-0.2, 0) is 9.53 Å². The number of methoxy groups -OCH3 is 1. The summed E-state index contributed by atoms with van der Waals surface area (Å²) in [5.74, 6) is -0.261. The molecule has 1 aromatic heterocycles. The Labute approximate surface area is 90.2 Å². The number of hydrogen-bond donors (Lipinski definition) is 2. The molecule has 3 N–H and O–H groups in total. The molecule has 0 aromatic carbocycles. The maximum absolute atomic E-state index is 11.1. The van der Waals surface area contributed by atoms with Crippen LogP contribution in [0.3, 0.4) is 0 Å². The fourth-order valence-corrected chi connectivity index (χ4v) is 1.74. The molecule has 0 amide bonds. The molecule has 6 nitrogen and oxygen atoms in total. The normalized spacial score (nSPS) is 12.1. The third-order valence-electron chi connectivity index (χ3n) is 1.56. The number of nitrogen functional groups attached to an aromatic ring is 1. The van der Waals surface area contributed by atoms with Gasteiger partial charge in [-0.25, -0.2) is 4.98 Å². The first-order chi connectivity index (χ1) is 7.02.